The standard InChI is InChI=1S/C13H19N5O2/c1-7(2)10-11(14-3)15-6-16-12(10)17-8-4-5-9(19)18-13(8)20/h6-8H,4-5H2,1-3H3,(H,18,19,20)(H2,14,15,16,17). The molecule has 0 aliphatic carbocycles. The molecule has 0 bridgehead atoms. The van der Waals surface area contributed by atoms with Crippen LogP contribution in [0.4, 0.5) is 11.6 Å². The fourth-order valence-electron chi connectivity index (χ4n) is 2.25. The number of nitrogens with one attached hydrogen (secondary N) is 3. The third-order valence-electron chi connectivity index (χ3n) is 3.25. The predicted molar refractivity (Wildman–Crippen MR) is 75.5 cm³/mol. The van der Waals surface area contributed by atoms with Gasteiger partial charge in [0.25, 0.3) is 0 Å². The van der Waals surface area contributed by atoms with E-state index in [2.05, 4.69) is 25.9 Å². The molecule has 7 nitrogen and oxygen atoms in total. The maximum absolute atomic E-state index is 11.8. The fraction of sp³-hybridized carbons (Fsp3) is 0.538. The zero-order valence-corrected chi connectivity index (χ0v) is 11.9. The van der Waals surface area contributed by atoms with Crippen LogP contribution < -0.4 is 16.0 Å². The molecule has 1 atom stereocenters. The third kappa shape index (κ3) is 2.87. The van der Waals surface area contributed by atoms with Crippen LogP contribution in [0.1, 0.15) is 38.2 Å². The monoisotopic (exact) mass is 277 g/mol. The van der Waals surface area contributed by atoms with Gasteiger partial charge in [-0.2, -0.15) is 0 Å². The number of aromatic nitrogens is 2. The summed E-state index contributed by atoms with van der Waals surface area (Å²) in [5, 5.41) is 8.48. The number of imide groups is 1. The molecule has 2 heterocycles. The van der Waals surface area contributed by atoms with Crippen LogP contribution in [0, 0.1) is 0 Å². The summed E-state index contributed by atoms with van der Waals surface area (Å²) >= 11 is 0. The average molecular weight is 277 g/mol. The lowest BCUT2D eigenvalue weighted by atomic mass is 10.0. The lowest BCUT2D eigenvalue weighted by Crippen LogP contribution is -2.47. The fourth-order valence-corrected chi connectivity index (χ4v) is 2.25. The molecule has 2 rings (SSSR count). The summed E-state index contributed by atoms with van der Waals surface area (Å²) in [6.07, 6.45) is 2.26. The molecule has 0 aromatic carbocycles. The van der Waals surface area contributed by atoms with E-state index < -0.39 is 6.04 Å². The molecule has 1 unspecified atom stereocenters. The van der Waals surface area contributed by atoms with Gasteiger partial charge in [-0.3, -0.25) is 14.9 Å². The number of amides is 2. The van der Waals surface area contributed by atoms with E-state index in [0.717, 1.165) is 11.4 Å². The van der Waals surface area contributed by atoms with Gasteiger partial charge in [0.2, 0.25) is 11.8 Å². The van der Waals surface area contributed by atoms with Crippen molar-refractivity contribution in [2.75, 3.05) is 17.7 Å². The Kier molecular flexibility index (Phi) is 4.16. The molecule has 0 spiro atoms. The number of anilines is 2. The topological polar surface area (TPSA) is 96.0 Å². The highest BCUT2D eigenvalue weighted by Crippen LogP contribution is 2.28. The van der Waals surface area contributed by atoms with E-state index in [1.54, 1.807) is 7.05 Å². The molecule has 2 amide bonds. The van der Waals surface area contributed by atoms with E-state index in [1.165, 1.54) is 6.33 Å². The van der Waals surface area contributed by atoms with Crippen LogP contribution in [0.3, 0.4) is 0 Å². The maximum Gasteiger partial charge on any atom is 0.249 e. The van der Waals surface area contributed by atoms with Gasteiger partial charge in [0, 0.05) is 19.0 Å². The van der Waals surface area contributed by atoms with Gasteiger partial charge in [0.1, 0.15) is 24.0 Å². The molecule has 0 saturated carbocycles. The van der Waals surface area contributed by atoms with Crippen LogP contribution >= 0.6 is 0 Å². The van der Waals surface area contributed by atoms with Gasteiger partial charge < -0.3 is 10.6 Å². The molecule has 0 radical (unpaired) electrons. The number of hydrogen-bond acceptors (Lipinski definition) is 6. The van der Waals surface area contributed by atoms with Crippen LogP contribution in [0.5, 0.6) is 0 Å². The van der Waals surface area contributed by atoms with Gasteiger partial charge in [-0.15, -0.1) is 0 Å². The number of hydrogen-bond donors (Lipinski definition) is 3. The Morgan fingerprint density at radius 2 is 2.00 bits per heavy atom. The van der Waals surface area contributed by atoms with E-state index in [0.29, 0.717) is 18.7 Å². The first-order valence-corrected chi connectivity index (χ1v) is 6.65. The summed E-state index contributed by atoms with van der Waals surface area (Å²) in [5.74, 6) is 1.05. The van der Waals surface area contributed by atoms with Crippen molar-refractivity contribution in [1.29, 1.82) is 0 Å². The quantitative estimate of drug-likeness (QED) is 0.706. The number of carbonyl (C=O) groups excluding carboxylic acids is 2. The Hall–Kier alpha value is -2.18. The SMILES string of the molecule is CNc1ncnc(NC2CCC(=O)NC2=O)c1C(C)C. The number of nitrogens with zero attached hydrogens (tertiary/aromatic N) is 2. The Morgan fingerprint density at radius 3 is 2.60 bits per heavy atom. The summed E-state index contributed by atoms with van der Waals surface area (Å²) in [6, 6.07) is -0.440. The molecular formula is C13H19N5O2. The average Bonchev–Trinajstić information content (AvgIpc) is 2.41. The van der Waals surface area contributed by atoms with Crippen molar-refractivity contribution in [2.24, 2.45) is 0 Å². The van der Waals surface area contributed by atoms with Crippen molar-refractivity contribution in [3.8, 4) is 0 Å². The summed E-state index contributed by atoms with van der Waals surface area (Å²) in [7, 11) is 1.80. The first kappa shape index (κ1) is 14.2. The Bertz CT molecular complexity index is 529. The normalized spacial score (nSPS) is 18.9. The van der Waals surface area contributed by atoms with Crippen molar-refractivity contribution in [3.05, 3.63) is 11.9 Å². The molecule has 1 saturated heterocycles. The van der Waals surface area contributed by atoms with Gasteiger partial charge in [-0.1, -0.05) is 13.8 Å². The second-order valence-electron chi connectivity index (χ2n) is 5.04. The molecule has 1 aromatic rings. The minimum Gasteiger partial charge on any atom is -0.373 e. The summed E-state index contributed by atoms with van der Waals surface area (Å²) in [4.78, 5) is 31.4. The zero-order chi connectivity index (χ0) is 14.7. The first-order chi connectivity index (χ1) is 9.52. The van der Waals surface area contributed by atoms with Crippen molar-refractivity contribution < 1.29 is 9.59 Å². The lowest BCUT2D eigenvalue weighted by Gasteiger charge is -2.24. The highest BCUT2D eigenvalue weighted by Gasteiger charge is 2.28. The minimum atomic E-state index is -0.440. The maximum atomic E-state index is 11.8. The van der Waals surface area contributed by atoms with E-state index in [1.807, 2.05) is 13.8 Å². The smallest absolute Gasteiger partial charge is 0.249 e. The molecule has 108 valence electrons. The molecule has 1 aromatic heterocycles. The van der Waals surface area contributed by atoms with Gasteiger partial charge in [0.15, 0.2) is 0 Å². The first-order valence-electron chi connectivity index (χ1n) is 6.65. The van der Waals surface area contributed by atoms with E-state index in [-0.39, 0.29) is 17.7 Å². The molecule has 7 heteroatoms. The van der Waals surface area contributed by atoms with E-state index in [9.17, 15) is 9.59 Å². The van der Waals surface area contributed by atoms with Gasteiger partial charge in [0.05, 0.1) is 0 Å². The van der Waals surface area contributed by atoms with Crippen molar-refractivity contribution >= 4 is 23.5 Å². The number of piperidine rings is 1. The second kappa shape index (κ2) is 5.85. The van der Waals surface area contributed by atoms with Crippen molar-refractivity contribution in [1.82, 2.24) is 15.3 Å². The summed E-state index contributed by atoms with van der Waals surface area (Å²) in [6.45, 7) is 4.07. The highest BCUT2D eigenvalue weighted by atomic mass is 16.2. The van der Waals surface area contributed by atoms with Gasteiger partial charge in [-0.05, 0) is 12.3 Å². The van der Waals surface area contributed by atoms with Crippen LogP contribution in [0.15, 0.2) is 6.33 Å². The number of carbonyl (C=O) groups is 2. The zero-order valence-electron chi connectivity index (χ0n) is 11.9. The second-order valence-corrected chi connectivity index (χ2v) is 5.04. The number of rotatable bonds is 4. The highest BCUT2D eigenvalue weighted by molar-refractivity contribution is 6.01. The van der Waals surface area contributed by atoms with Crippen LogP contribution in [-0.4, -0.2) is 34.9 Å². The molecular weight excluding hydrogens is 258 g/mol. The van der Waals surface area contributed by atoms with Gasteiger partial charge >= 0.3 is 0 Å². The van der Waals surface area contributed by atoms with Crippen molar-refractivity contribution in [3.63, 3.8) is 0 Å². The Labute approximate surface area is 117 Å². The molecule has 3 N–H and O–H groups in total. The molecule has 1 aliphatic rings. The molecule has 20 heavy (non-hydrogen) atoms. The largest absolute Gasteiger partial charge is 0.373 e. The van der Waals surface area contributed by atoms with E-state index >= 15 is 0 Å². The van der Waals surface area contributed by atoms with E-state index in [4.69, 9.17) is 0 Å². The Morgan fingerprint density at radius 1 is 1.30 bits per heavy atom. The minimum absolute atomic E-state index is 0.203. The molecule has 1 fully saturated rings. The summed E-state index contributed by atoms with van der Waals surface area (Å²) < 4.78 is 0. The predicted octanol–water partition coefficient (Wildman–Crippen LogP) is 0.859. The molecule has 1 aliphatic heterocycles. The van der Waals surface area contributed by atoms with Crippen LogP contribution in [-0.2, 0) is 9.59 Å². The Balaban J connectivity index is 2.25. The lowest BCUT2D eigenvalue weighted by molar-refractivity contribution is -0.133. The summed E-state index contributed by atoms with van der Waals surface area (Å²) in [5.41, 5.74) is 0.930. The third-order valence-corrected chi connectivity index (χ3v) is 3.25. The van der Waals surface area contributed by atoms with Crippen LogP contribution in [0.2, 0.25) is 0 Å². The van der Waals surface area contributed by atoms with Gasteiger partial charge in [-0.25, -0.2) is 9.97 Å². The van der Waals surface area contributed by atoms with Crippen LogP contribution in [0.25, 0.3) is 0 Å². The van der Waals surface area contributed by atoms with Crippen molar-refractivity contribution in [2.45, 2.75) is 38.6 Å².